The van der Waals surface area contributed by atoms with E-state index >= 15 is 0 Å². The summed E-state index contributed by atoms with van der Waals surface area (Å²) in [5, 5.41) is 14.3. The summed E-state index contributed by atoms with van der Waals surface area (Å²) in [6.45, 7) is 0. The molecule has 0 radical (unpaired) electrons. The molecular weight excluding hydrogens is 472 g/mol. The topological polar surface area (TPSA) is 117 Å². The number of halogens is 5. The van der Waals surface area contributed by atoms with E-state index in [1.807, 2.05) is 0 Å². The Morgan fingerprint density at radius 1 is 1.09 bits per heavy atom. The predicted octanol–water partition coefficient (Wildman–Crippen LogP) is 4.02. The molecule has 0 bridgehead atoms. The minimum atomic E-state index is -4.63. The largest absolute Gasteiger partial charge is 0.435 e. The smallest absolute Gasteiger partial charge is 0.364 e. The fraction of sp³-hybridized carbons (Fsp3) is 0.0556. The summed E-state index contributed by atoms with van der Waals surface area (Å²) in [6.07, 6.45) is -1.43. The number of carbonyl (C=O) groups is 1. The summed E-state index contributed by atoms with van der Waals surface area (Å²) < 4.78 is 41.0. The van der Waals surface area contributed by atoms with Crippen LogP contribution in [0.3, 0.4) is 0 Å². The van der Waals surface area contributed by atoms with Gasteiger partial charge in [0.2, 0.25) is 0 Å². The van der Waals surface area contributed by atoms with Crippen LogP contribution in [0, 0.1) is 0 Å². The maximum Gasteiger partial charge on any atom is 0.435 e. The average molecular weight is 483 g/mol. The molecule has 1 amide bonds. The van der Waals surface area contributed by atoms with Gasteiger partial charge < -0.3 is 11.1 Å². The third-order valence-electron chi connectivity index (χ3n) is 4.21. The van der Waals surface area contributed by atoms with Crippen LogP contribution >= 0.6 is 23.2 Å². The summed E-state index contributed by atoms with van der Waals surface area (Å²) in [7, 11) is 0. The number of aromatic nitrogens is 6. The number of rotatable bonds is 5. The molecule has 3 N–H and O–H groups in total. The lowest BCUT2D eigenvalue weighted by Crippen LogP contribution is -2.14. The van der Waals surface area contributed by atoms with Crippen molar-refractivity contribution in [2.24, 2.45) is 5.73 Å². The number of hydrogen-bond acceptors (Lipinski definition) is 6. The lowest BCUT2D eigenvalue weighted by molar-refractivity contribution is -0.142. The standard InChI is InChI=1S/C18H11Cl2F3N8O/c19-10-2-1-3-11(20)16(10)30-8-12(15(28-30)17(24)32)27-14-5-4-9(6-25-14)31-13(7-26-29-31)18(21,22)23/h1-8H,(H2,24,32)(H,25,27). The number of pyridine rings is 1. The van der Waals surface area contributed by atoms with Gasteiger partial charge in [0.15, 0.2) is 11.4 Å². The number of alkyl halides is 3. The molecule has 164 valence electrons. The first-order valence-electron chi connectivity index (χ1n) is 8.70. The first-order valence-corrected chi connectivity index (χ1v) is 9.46. The van der Waals surface area contributed by atoms with Crippen LogP contribution in [-0.2, 0) is 6.18 Å². The van der Waals surface area contributed by atoms with Crippen molar-refractivity contribution in [2.45, 2.75) is 6.18 Å². The number of nitrogens with zero attached hydrogens (tertiary/aromatic N) is 6. The van der Waals surface area contributed by atoms with Gasteiger partial charge in [0.25, 0.3) is 5.91 Å². The van der Waals surface area contributed by atoms with Gasteiger partial charge in [-0.3, -0.25) is 4.79 Å². The van der Waals surface area contributed by atoms with Gasteiger partial charge in [-0.1, -0.05) is 34.5 Å². The van der Waals surface area contributed by atoms with Crippen molar-refractivity contribution in [3.8, 4) is 11.4 Å². The second-order valence-electron chi connectivity index (χ2n) is 6.33. The SMILES string of the molecule is NC(=O)c1nn(-c2c(Cl)cccc2Cl)cc1Nc1ccc(-n2nncc2C(F)(F)F)cn1. The fourth-order valence-corrected chi connectivity index (χ4v) is 3.38. The highest BCUT2D eigenvalue weighted by atomic mass is 35.5. The number of amides is 1. The lowest BCUT2D eigenvalue weighted by Gasteiger charge is -2.09. The van der Waals surface area contributed by atoms with Gasteiger partial charge in [0.1, 0.15) is 11.5 Å². The highest BCUT2D eigenvalue weighted by Gasteiger charge is 2.36. The van der Waals surface area contributed by atoms with Crippen LogP contribution < -0.4 is 11.1 Å². The summed E-state index contributed by atoms with van der Waals surface area (Å²) in [5.74, 6) is -0.627. The Bertz CT molecular complexity index is 1280. The summed E-state index contributed by atoms with van der Waals surface area (Å²) in [4.78, 5) is 15.9. The van der Waals surface area contributed by atoms with E-state index in [0.29, 0.717) is 26.6 Å². The molecule has 4 aromatic rings. The van der Waals surface area contributed by atoms with Crippen LogP contribution in [0.4, 0.5) is 24.7 Å². The first-order chi connectivity index (χ1) is 15.1. The highest BCUT2D eigenvalue weighted by Crippen LogP contribution is 2.31. The summed E-state index contributed by atoms with van der Waals surface area (Å²) in [5.41, 5.74) is 4.80. The molecule has 0 aliphatic carbocycles. The van der Waals surface area contributed by atoms with E-state index < -0.39 is 17.8 Å². The third-order valence-corrected chi connectivity index (χ3v) is 4.82. The van der Waals surface area contributed by atoms with Gasteiger partial charge >= 0.3 is 6.18 Å². The van der Waals surface area contributed by atoms with Crippen LogP contribution in [0.15, 0.2) is 48.9 Å². The summed E-state index contributed by atoms with van der Waals surface area (Å²) in [6, 6.07) is 7.58. The molecule has 0 saturated carbocycles. The molecule has 0 spiro atoms. The lowest BCUT2D eigenvalue weighted by atomic mass is 10.3. The number of anilines is 2. The van der Waals surface area contributed by atoms with E-state index in [2.05, 4.69) is 25.7 Å². The van der Waals surface area contributed by atoms with Gasteiger partial charge in [-0.25, -0.2) is 14.3 Å². The zero-order valence-corrected chi connectivity index (χ0v) is 17.2. The Hall–Kier alpha value is -3.64. The van der Waals surface area contributed by atoms with E-state index in [0.717, 1.165) is 6.20 Å². The maximum atomic E-state index is 13.0. The van der Waals surface area contributed by atoms with Crippen molar-refractivity contribution in [3.63, 3.8) is 0 Å². The molecule has 4 rings (SSSR count). The van der Waals surface area contributed by atoms with Gasteiger partial charge in [-0.15, -0.1) is 5.10 Å². The molecule has 0 fully saturated rings. The Kier molecular flexibility index (Phi) is 5.48. The number of hydrogen-bond donors (Lipinski definition) is 2. The van der Waals surface area contributed by atoms with Crippen LogP contribution in [0.1, 0.15) is 16.2 Å². The molecule has 0 saturated heterocycles. The van der Waals surface area contributed by atoms with E-state index in [1.54, 1.807) is 18.2 Å². The van der Waals surface area contributed by atoms with Crippen LogP contribution in [-0.4, -0.2) is 35.7 Å². The molecule has 14 heteroatoms. The van der Waals surface area contributed by atoms with Crippen molar-refractivity contribution >= 4 is 40.6 Å². The minimum absolute atomic E-state index is 0.0362. The van der Waals surface area contributed by atoms with E-state index in [9.17, 15) is 18.0 Å². The van der Waals surface area contributed by atoms with Crippen molar-refractivity contribution in [1.29, 1.82) is 0 Å². The predicted molar refractivity (Wildman–Crippen MR) is 110 cm³/mol. The molecule has 0 atom stereocenters. The van der Waals surface area contributed by atoms with Gasteiger partial charge in [0.05, 0.1) is 40.0 Å². The quantitative estimate of drug-likeness (QED) is 0.443. The molecular formula is C18H11Cl2F3N8O. The molecule has 0 aliphatic rings. The van der Waals surface area contributed by atoms with Gasteiger partial charge in [-0.2, -0.15) is 18.3 Å². The Morgan fingerprint density at radius 2 is 1.81 bits per heavy atom. The Balaban J connectivity index is 1.66. The average Bonchev–Trinajstić information content (AvgIpc) is 3.36. The van der Waals surface area contributed by atoms with E-state index in [4.69, 9.17) is 28.9 Å². The summed E-state index contributed by atoms with van der Waals surface area (Å²) >= 11 is 12.4. The number of nitrogens with one attached hydrogen (secondary N) is 1. The minimum Gasteiger partial charge on any atom is -0.364 e. The van der Waals surface area contributed by atoms with Gasteiger partial charge in [-0.05, 0) is 24.3 Å². The number of primary amides is 1. The molecule has 3 heterocycles. The Labute approximate surface area is 187 Å². The van der Waals surface area contributed by atoms with Crippen LogP contribution in [0.5, 0.6) is 0 Å². The molecule has 0 unspecified atom stereocenters. The van der Waals surface area contributed by atoms with Crippen molar-refractivity contribution in [3.05, 3.63) is 70.4 Å². The van der Waals surface area contributed by atoms with Gasteiger partial charge in [0, 0.05) is 0 Å². The number of nitrogens with two attached hydrogens (primary N) is 1. The molecule has 1 aromatic carbocycles. The van der Waals surface area contributed by atoms with E-state index in [1.165, 1.54) is 23.0 Å². The third kappa shape index (κ3) is 4.09. The fourth-order valence-electron chi connectivity index (χ4n) is 2.81. The molecule has 0 aliphatic heterocycles. The second-order valence-corrected chi connectivity index (χ2v) is 7.14. The zero-order valence-electron chi connectivity index (χ0n) is 15.7. The van der Waals surface area contributed by atoms with E-state index in [-0.39, 0.29) is 22.9 Å². The van der Waals surface area contributed by atoms with Crippen LogP contribution in [0.25, 0.3) is 11.4 Å². The first kappa shape index (κ1) is 21.6. The van der Waals surface area contributed by atoms with Crippen LogP contribution in [0.2, 0.25) is 10.0 Å². The monoisotopic (exact) mass is 482 g/mol. The molecule has 3 aromatic heterocycles. The maximum absolute atomic E-state index is 13.0. The molecule has 9 nitrogen and oxygen atoms in total. The molecule has 32 heavy (non-hydrogen) atoms. The number of benzene rings is 1. The second kappa shape index (κ2) is 8.13. The van der Waals surface area contributed by atoms with Crippen molar-refractivity contribution in [1.82, 2.24) is 29.8 Å². The highest BCUT2D eigenvalue weighted by molar-refractivity contribution is 6.37. The number of carbonyl (C=O) groups excluding carboxylic acids is 1. The van der Waals surface area contributed by atoms with Crippen molar-refractivity contribution in [2.75, 3.05) is 5.32 Å². The number of para-hydroxylation sites is 1. The normalized spacial score (nSPS) is 11.5. The Morgan fingerprint density at radius 3 is 2.41 bits per heavy atom. The zero-order chi connectivity index (χ0) is 23.0. The van der Waals surface area contributed by atoms with Crippen molar-refractivity contribution < 1.29 is 18.0 Å².